The second-order valence-electron chi connectivity index (χ2n) is 6.45. The molecule has 2 aromatic carbocycles. The summed E-state index contributed by atoms with van der Waals surface area (Å²) in [5.74, 6) is -1.05. The highest BCUT2D eigenvalue weighted by Crippen LogP contribution is 2.36. The van der Waals surface area contributed by atoms with Crippen LogP contribution < -0.4 is 4.74 Å². The number of aromatic hydroxyl groups is 1. The Hall–Kier alpha value is -3.26. The van der Waals surface area contributed by atoms with Gasteiger partial charge in [0.05, 0.1) is 17.2 Å². The van der Waals surface area contributed by atoms with Gasteiger partial charge in [-0.25, -0.2) is 9.79 Å². The summed E-state index contributed by atoms with van der Waals surface area (Å²) in [7, 11) is 0. The maximum atomic E-state index is 12.9. The van der Waals surface area contributed by atoms with Gasteiger partial charge in [-0.2, -0.15) is 0 Å². The number of carboxylic acid groups (broad SMARTS) is 1. The fraction of sp³-hybridized carbons (Fsp3) is 0.227. The number of amides is 1. The molecule has 0 aromatic heterocycles. The zero-order chi connectivity index (χ0) is 21.7. The van der Waals surface area contributed by atoms with E-state index in [2.05, 4.69) is 4.99 Å². The van der Waals surface area contributed by atoms with E-state index in [-0.39, 0.29) is 17.2 Å². The van der Waals surface area contributed by atoms with Crippen molar-refractivity contribution in [2.45, 2.75) is 20.3 Å². The molecule has 0 unspecified atom stereocenters. The Labute approximate surface area is 178 Å². The number of carboxylic acids is 1. The average Bonchev–Trinajstić information content (AvgIpc) is 3.01. The topological polar surface area (TPSA) is 99.4 Å². The highest BCUT2D eigenvalue weighted by molar-refractivity contribution is 8.18. The molecule has 0 spiro atoms. The van der Waals surface area contributed by atoms with Crippen molar-refractivity contribution in [3.63, 3.8) is 0 Å². The number of phenols is 1. The number of benzene rings is 2. The van der Waals surface area contributed by atoms with E-state index < -0.39 is 5.97 Å². The van der Waals surface area contributed by atoms with Gasteiger partial charge in [0.1, 0.15) is 17.1 Å². The molecular formula is C22H22N2O5S. The summed E-state index contributed by atoms with van der Waals surface area (Å²) >= 11 is 1.22. The first-order chi connectivity index (χ1) is 14.4. The molecule has 7 nitrogen and oxygen atoms in total. The molecule has 2 aromatic rings. The molecule has 0 bridgehead atoms. The fourth-order valence-corrected chi connectivity index (χ4v) is 3.89. The zero-order valence-corrected chi connectivity index (χ0v) is 17.5. The molecule has 1 aliphatic heterocycles. The van der Waals surface area contributed by atoms with E-state index in [1.54, 1.807) is 6.08 Å². The van der Waals surface area contributed by atoms with Gasteiger partial charge in [-0.15, -0.1) is 0 Å². The van der Waals surface area contributed by atoms with Gasteiger partial charge in [0.25, 0.3) is 5.91 Å². The van der Waals surface area contributed by atoms with Crippen LogP contribution in [-0.2, 0) is 4.79 Å². The zero-order valence-electron chi connectivity index (χ0n) is 16.7. The Balaban J connectivity index is 1.92. The van der Waals surface area contributed by atoms with Crippen LogP contribution in [0.25, 0.3) is 6.08 Å². The molecular weight excluding hydrogens is 404 g/mol. The molecule has 8 heteroatoms. The first-order valence-electron chi connectivity index (χ1n) is 9.52. The number of carbonyl (C=O) groups excluding carboxylic acids is 1. The molecule has 0 saturated carbocycles. The molecule has 1 fully saturated rings. The summed E-state index contributed by atoms with van der Waals surface area (Å²) in [6.45, 7) is 4.89. The third-order valence-corrected chi connectivity index (χ3v) is 5.31. The number of thioether (sulfide) groups is 1. The molecule has 30 heavy (non-hydrogen) atoms. The van der Waals surface area contributed by atoms with Gasteiger partial charge in [-0.3, -0.25) is 9.69 Å². The van der Waals surface area contributed by atoms with E-state index in [1.807, 2.05) is 38.1 Å². The maximum absolute atomic E-state index is 12.9. The predicted molar refractivity (Wildman–Crippen MR) is 117 cm³/mol. The summed E-state index contributed by atoms with van der Waals surface area (Å²) in [5, 5.41) is 19.4. The number of rotatable bonds is 7. The van der Waals surface area contributed by atoms with E-state index in [9.17, 15) is 14.7 Å². The third-order valence-electron chi connectivity index (χ3n) is 4.31. The highest BCUT2D eigenvalue weighted by Gasteiger charge is 2.32. The first kappa shape index (κ1) is 21.4. The minimum Gasteiger partial charge on any atom is -0.507 e. The van der Waals surface area contributed by atoms with Crippen molar-refractivity contribution >= 4 is 40.6 Å². The van der Waals surface area contributed by atoms with E-state index in [1.165, 1.54) is 34.9 Å². The lowest BCUT2D eigenvalue weighted by atomic mass is 10.2. The molecule has 1 heterocycles. The molecule has 0 aliphatic carbocycles. The minimum atomic E-state index is -1.22. The number of aromatic carboxylic acids is 1. The van der Waals surface area contributed by atoms with Crippen molar-refractivity contribution in [1.29, 1.82) is 0 Å². The smallest absolute Gasteiger partial charge is 0.339 e. The van der Waals surface area contributed by atoms with Gasteiger partial charge in [0, 0.05) is 18.2 Å². The molecule has 2 N–H and O–H groups in total. The standard InChI is InChI=1S/C22H22N2O5S/c1-3-11-29-18-8-6-5-7-14(18)12-19-20(26)24(4-2)22(30-19)23-15-9-10-16(21(27)28)17(25)13-15/h5-10,12-13,25H,3-4,11H2,1-2H3,(H,27,28)/b19-12-,23-22?. The van der Waals surface area contributed by atoms with Crippen LogP contribution in [0.3, 0.4) is 0 Å². The summed E-state index contributed by atoms with van der Waals surface area (Å²) in [6.07, 6.45) is 2.67. The van der Waals surface area contributed by atoms with E-state index >= 15 is 0 Å². The molecule has 0 atom stereocenters. The number of likely N-dealkylation sites (N-methyl/N-ethyl adjacent to an activating group) is 1. The largest absolute Gasteiger partial charge is 0.507 e. The number of hydrogen-bond acceptors (Lipinski definition) is 6. The Kier molecular flexibility index (Phi) is 6.79. The van der Waals surface area contributed by atoms with Crippen LogP contribution in [0, 0.1) is 0 Å². The van der Waals surface area contributed by atoms with Crippen LogP contribution in [0.15, 0.2) is 52.4 Å². The lowest BCUT2D eigenvalue weighted by Gasteiger charge is -2.12. The maximum Gasteiger partial charge on any atom is 0.339 e. The number of aliphatic imine (C=N–C) groups is 1. The van der Waals surface area contributed by atoms with Gasteiger partial charge in [-0.1, -0.05) is 25.1 Å². The summed E-state index contributed by atoms with van der Waals surface area (Å²) < 4.78 is 5.77. The SMILES string of the molecule is CCCOc1ccccc1/C=C1\SC(=Nc2ccc(C(=O)O)c(O)c2)N(CC)C1=O. The van der Waals surface area contributed by atoms with Crippen molar-refractivity contribution in [2.24, 2.45) is 4.99 Å². The number of amidine groups is 1. The van der Waals surface area contributed by atoms with Crippen molar-refractivity contribution < 1.29 is 24.5 Å². The second-order valence-corrected chi connectivity index (χ2v) is 7.46. The second kappa shape index (κ2) is 9.49. The van der Waals surface area contributed by atoms with Crippen molar-refractivity contribution in [2.75, 3.05) is 13.2 Å². The molecule has 1 amide bonds. The summed E-state index contributed by atoms with van der Waals surface area (Å²) in [5.41, 5.74) is 0.965. The van der Waals surface area contributed by atoms with Crippen LogP contribution in [-0.4, -0.2) is 45.3 Å². The normalized spacial score (nSPS) is 16.5. The van der Waals surface area contributed by atoms with Crippen molar-refractivity contribution in [1.82, 2.24) is 4.90 Å². The highest BCUT2D eigenvalue weighted by atomic mass is 32.2. The van der Waals surface area contributed by atoms with E-state index in [0.29, 0.717) is 34.7 Å². The summed E-state index contributed by atoms with van der Waals surface area (Å²) in [6, 6.07) is 11.6. The average molecular weight is 426 g/mol. The Morgan fingerprint density at radius 3 is 2.67 bits per heavy atom. The van der Waals surface area contributed by atoms with Gasteiger partial charge >= 0.3 is 5.97 Å². The van der Waals surface area contributed by atoms with Crippen LogP contribution in [0.4, 0.5) is 5.69 Å². The third kappa shape index (κ3) is 4.65. The Morgan fingerprint density at radius 1 is 1.23 bits per heavy atom. The quantitative estimate of drug-likeness (QED) is 0.632. The summed E-state index contributed by atoms with van der Waals surface area (Å²) in [4.78, 5) is 30.4. The number of hydrogen-bond donors (Lipinski definition) is 2. The number of nitrogens with zero attached hydrogens (tertiary/aromatic N) is 2. The molecule has 0 radical (unpaired) electrons. The first-order valence-corrected chi connectivity index (χ1v) is 10.3. The lowest BCUT2D eigenvalue weighted by molar-refractivity contribution is -0.122. The van der Waals surface area contributed by atoms with Crippen LogP contribution in [0.1, 0.15) is 36.2 Å². The predicted octanol–water partition coefficient (Wildman–Crippen LogP) is 4.50. The van der Waals surface area contributed by atoms with Crippen LogP contribution in [0.5, 0.6) is 11.5 Å². The van der Waals surface area contributed by atoms with Gasteiger partial charge in [-0.05, 0) is 49.4 Å². The van der Waals surface area contributed by atoms with Gasteiger partial charge < -0.3 is 14.9 Å². The minimum absolute atomic E-state index is 0.169. The van der Waals surface area contributed by atoms with Crippen molar-refractivity contribution in [3.05, 3.63) is 58.5 Å². The van der Waals surface area contributed by atoms with Crippen molar-refractivity contribution in [3.8, 4) is 11.5 Å². The van der Waals surface area contributed by atoms with Gasteiger partial charge in [0.15, 0.2) is 5.17 Å². The van der Waals surface area contributed by atoms with E-state index in [0.717, 1.165) is 12.0 Å². The van der Waals surface area contributed by atoms with Crippen LogP contribution >= 0.6 is 11.8 Å². The van der Waals surface area contributed by atoms with E-state index in [4.69, 9.17) is 9.84 Å². The van der Waals surface area contributed by atoms with Gasteiger partial charge in [0.2, 0.25) is 0 Å². The Morgan fingerprint density at radius 2 is 2.00 bits per heavy atom. The van der Waals surface area contributed by atoms with Crippen LogP contribution in [0.2, 0.25) is 0 Å². The molecule has 156 valence electrons. The number of para-hydroxylation sites is 1. The lowest BCUT2D eigenvalue weighted by Crippen LogP contribution is -2.28. The molecule has 3 rings (SSSR count). The number of ether oxygens (including phenoxy) is 1. The fourth-order valence-electron chi connectivity index (χ4n) is 2.84. The molecule has 1 aliphatic rings. The monoisotopic (exact) mass is 426 g/mol. The molecule has 1 saturated heterocycles. The Bertz CT molecular complexity index is 1030. The number of carbonyl (C=O) groups is 2.